The summed E-state index contributed by atoms with van der Waals surface area (Å²) in [4.78, 5) is 13.6. The van der Waals surface area contributed by atoms with Gasteiger partial charge in [0.2, 0.25) is 16.5 Å². The van der Waals surface area contributed by atoms with Gasteiger partial charge in [0.25, 0.3) is 0 Å². The summed E-state index contributed by atoms with van der Waals surface area (Å²) in [5.74, 6) is 0.457. The molecule has 0 fully saturated rings. The van der Waals surface area contributed by atoms with E-state index in [1.807, 2.05) is 42.3 Å². The van der Waals surface area contributed by atoms with Crippen LogP contribution in [0.4, 0.5) is 5.95 Å². The molecule has 0 N–H and O–H groups in total. The molecule has 0 saturated heterocycles. The topological polar surface area (TPSA) is 41.9 Å². The third-order valence-corrected chi connectivity index (χ3v) is 2.51. The molecular formula is C11H10Cl2N4. The molecule has 1 aromatic heterocycles. The molecule has 0 amide bonds. The zero-order valence-electron chi connectivity index (χ0n) is 9.14. The summed E-state index contributed by atoms with van der Waals surface area (Å²) in [5, 5.41) is 0.194. The van der Waals surface area contributed by atoms with E-state index in [2.05, 4.69) is 15.0 Å². The largest absolute Gasteiger partial charge is 0.339 e. The molecule has 88 valence electrons. The van der Waals surface area contributed by atoms with Gasteiger partial charge in [0, 0.05) is 13.6 Å². The summed E-state index contributed by atoms with van der Waals surface area (Å²) in [6, 6.07) is 10.00. The Labute approximate surface area is 109 Å². The van der Waals surface area contributed by atoms with E-state index in [9.17, 15) is 0 Å². The van der Waals surface area contributed by atoms with Crippen LogP contribution in [0.25, 0.3) is 0 Å². The molecular weight excluding hydrogens is 259 g/mol. The first kappa shape index (κ1) is 12.1. The van der Waals surface area contributed by atoms with E-state index in [0.717, 1.165) is 5.56 Å². The molecule has 0 bridgehead atoms. The number of hydrogen-bond donors (Lipinski definition) is 0. The Bertz CT molecular complexity index is 484. The van der Waals surface area contributed by atoms with Crippen LogP contribution in [0.3, 0.4) is 0 Å². The molecule has 0 atom stereocenters. The lowest BCUT2D eigenvalue weighted by Crippen LogP contribution is -2.19. The molecule has 2 aromatic rings. The number of hydrogen-bond acceptors (Lipinski definition) is 4. The van der Waals surface area contributed by atoms with Crippen molar-refractivity contribution in [1.82, 2.24) is 15.0 Å². The minimum atomic E-state index is 0.0971. The Morgan fingerprint density at radius 1 is 1.00 bits per heavy atom. The smallest absolute Gasteiger partial charge is 0.231 e. The molecule has 0 aliphatic heterocycles. The Hall–Kier alpha value is -1.39. The average Bonchev–Trinajstić information content (AvgIpc) is 2.29. The number of nitrogens with zero attached hydrogens (tertiary/aromatic N) is 4. The second-order valence-corrected chi connectivity index (χ2v) is 4.19. The van der Waals surface area contributed by atoms with Crippen LogP contribution in [0.2, 0.25) is 10.6 Å². The van der Waals surface area contributed by atoms with E-state index in [1.165, 1.54) is 0 Å². The van der Waals surface area contributed by atoms with Crippen molar-refractivity contribution in [2.24, 2.45) is 0 Å². The standard InChI is InChI=1S/C11H10Cl2N4/c1-17(7-8-5-3-2-4-6-8)11-15-9(12)14-10(13)16-11/h2-6H,7H2,1H3. The summed E-state index contributed by atoms with van der Waals surface area (Å²) in [5.41, 5.74) is 1.16. The van der Waals surface area contributed by atoms with E-state index < -0.39 is 0 Å². The van der Waals surface area contributed by atoms with Gasteiger partial charge < -0.3 is 4.90 Å². The van der Waals surface area contributed by atoms with Gasteiger partial charge in [-0.05, 0) is 28.8 Å². The van der Waals surface area contributed by atoms with Gasteiger partial charge in [-0.2, -0.15) is 15.0 Å². The maximum atomic E-state index is 5.72. The maximum absolute atomic E-state index is 5.72. The summed E-state index contributed by atoms with van der Waals surface area (Å²) in [7, 11) is 1.87. The van der Waals surface area contributed by atoms with Crippen LogP contribution in [0.1, 0.15) is 5.56 Å². The first-order chi connectivity index (χ1) is 8.15. The van der Waals surface area contributed by atoms with E-state index in [4.69, 9.17) is 23.2 Å². The lowest BCUT2D eigenvalue weighted by Gasteiger charge is -2.16. The van der Waals surface area contributed by atoms with Crippen molar-refractivity contribution in [2.75, 3.05) is 11.9 Å². The van der Waals surface area contributed by atoms with Crippen LogP contribution in [0.15, 0.2) is 30.3 Å². The summed E-state index contributed by atoms with van der Waals surface area (Å²) in [6.07, 6.45) is 0. The number of anilines is 1. The van der Waals surface area contributed by atoms with Crippen molar-refractivity contribution >= 4 is 29.2 Å². The molecule has 6 heteroatoms. The van der Waals surface area contributed by atoms with Gasteiger partial charge in [0.1, 0.15) is 0 Å². The number of aromatic nitrogens is 3. The van der Waals surface area contributed by atoms with Gasteiger partial charge >= 0.3 is 0 Å². The van der Waals surface area contributed by atoms with Crippen LogP contribution >= 0.6 is 23.2 Å². The van der Waals surface area contributed by atoms with Gasteiger partial charge in [0.05, 0.1) is 0 Å². The van der Waals surface area contributed by atoms with Crippen molar-refractivity contribution < 1.29 is 0 Å². The zero-order chi connectivity index (χ0) is 12.3. The highest BCUT2D eigenvalue weighted by Crippen LogP contribution is 2.14. The predicted molar refractivity (Wildman–Crippen MR) is 68.4 cm³/mol. The molecule has 1 aromatic carbocycles. The highest BCUT2D eigenvalue weighted by atomic mass is 35.5. The normalized spacial score (nSPS) is 10.3. The molecule has 0 unspecified atom stereocenters. The molecule has 0 radical (unpaired) electrons. The second-order valence-electron chi connectivity index (χ2n) is 3.52. The maximum Gasteiger partial charge on any atom is 0.231 e. The molecule has 0 aliphatic carbocycles. The third-order valence-electron chi connectivity index (χ3n) is 2.17. The number of benzene rings is 1. The van der Waals surface area contributed by atoms with Crippen molar-refractivity contribution in [3.05, 3.63) is 46.5 Å². The minimum Gasteiger partial charge on any atom is -0.339 e. The van der Waals surface area contributed by atoms with Gasteiger partial charge in [-0.25, -0.2) is 0 Å². The third kappa shape index (κ3) is 3.28. The van der Waals surface area contributed by atoms with E-state index in [1.54, 1.807) is 0 Å². The first-order valence-corrected chi connectivity index (χ1v) is 5.73. The first-order valence-electron chi connectivity index (χ1n) is 4.97. The van der Waals surface area contributed by atoms with E-state index >= 15 is 0 Å². The summed E-state index contributed by atoms with van der Waals surface area (Å²) < 4.78 is 0. The van der Waals surface area contributed by atoms with Gasteiger partial charge in [-0.3, -0.25) is 0 Å². The second kappa shape index (κ2) is 5.29. The van der Waals surface area contributed by atoms with Gasteiger partial charge in [-0.15, -0.1) is 0 Å². The van der Waals surface area contributed by atoms with Crippen LogP contribution in [-0.4, -0.2) is 22.0 Å². The molecule has 4 nitrogen and oxygen atoms in total. The summed E-state index contributed by atoms with van der Waals surface area (Å²) >= 11 is 11.4. The van der Waals surface area contributed by atoms with Gasteiger partial charge in [0.15, 0.2) is 0 Å². The lowest BCUT2D eigenvalue weighted by atomic mass is 10.2. The van der Waals surface area contributed by atoms with Crippen LogP contribution in [0.5, 0.6) is 0 Å². The lowest BCUT2D eigenvalue weighted by molar-refractivity contribution is 0.853. The number of rotatable bonds is 3. The van der Waals surface area contributed by atoms with Crippen LogP contribution in [0, 0.1) is 0 Å². The Kier molecular flexibility index (Phi) is 3.76. The zero-order valence-corrected chi connectivity index (χ0v) is 10.7. The highest BCUT2D eigenvalue weighted by Gasteiger charge is 2.08. The van der Waals surface area contributed by atoms with Crippen molar-refractivity contribution in [3.63, 3.8) is 0 Å². The molecule has 2 rings (SSSR count). The van der Waals surface area contributed by atoms with E-state index in [0.29, 0.717) is 12.5 Å². The molecule has 0 spiro atoms. The van der Waals surface area contributed by atoms with Crippen molar-refractivity contribution in [1.29, 1.82) is 0 Å². The van der Waals surface area contributed by atoms with Crippen LogP contribution in [-0.2, 0) is 6.54 Å². The van der Waals surface area contributed by atoms with Crippen molar-refractivity contribution in [3.8, 4) is 0 Å². The Balaban J connectivity index is 2.17. The molecule has 0 aliphatic rings. The minimum absolute atomic E-state index is 0.0971. The summed E-state index contributed by atoms with van der Waals surface area (Å²) in [6.45, 7) is 0.678. The molecule has 1 heterocycles. The fraction of sp³-hybridized carbons (Fsp3) is 0.182. The number of halogens is 2. The highest BCUT2D eigenvalue weighted by molar-refractivity contribution is 6.31. The van der Waals surface area contributed by atoms with E-state index in [-0.39, 0.29) is 10.6 Å². The quantitative estimate of drug-likeness (QED) is 0.859. The monoisotopic (exact) mass is 268 g/mol. The Morgan fingerprint density at radius 3 is 2.18 bits per heavy atom. The average molecular weight is 269 g/mol. The van der Waals surface area contributed by atoms with Crippen molar-refractivity contribution in [2.45, 2.75) is 6.54 Å². The van der Waals surface area contributed by atoms with Crippen LogP contribution < -0.4 is 4.90 Å². The molecule has 0 saturated carbocycles. The molecule has 17 heavy (non-hydrogen) atoms. The fourth-order valence-corrected chi connectivity index (χ4v) is 1.77. The Morgan fingerprint density at radius 2 is 1.59 bits per heavy atom. The SMILES string of the molecule is CN(Cc1ccccc1)c1nc(Cl)nc(Cl)n1. The predicted octanol–water partition coefficient (Wildman–Crippen LogP) is 2.81. The fourth-order valence-electron chi connectivity index (χ4n) is 1.41. The van der Waals surface area contributed by atoms with Gasteiger partial charge in [-0.1, -0.05) is 30.3 Å².